The van der Waals surface area contributed by atoms with Gasteiger partial charge >= 0.3 is 0 Å². The van der Waals surface area contributed by atoms with Crippen LogP contribution in [-0.2, 0) is 10.0 Å². The van der Waals surface area contributed by atoms with Gasteiger partial charge in [0.2, 0.25) is 10.0 Å². The van der Waals surface area contributed by atoms with Crippen molar-refractivity contribution in [1.82, 2.24) is 9.62 Å². The van der Waals surface area contributed by atoms with Gasteiger partial charge in [-0.1, -0.05) is 6.92 Å². The van der Waals surface area contributed by atoms with E-state index in [1.165, 1.54) is 4.31 Å². The summed E-state index contributed by atoms with van der Waals surface area (Å²) < 4.78 is 25.7. The van der Waals surface area contributed by atoms with E-state index < -0.39 is 10.0 Å². The van der Waals surface area contributed by atoms with Crippen LogP contribution in [0.5, 0.6) is 0 Å². The number of nitrogens with one attached hydrogen (secondary N) is 1. The molecule has 0 aromatic heterocycles. The maximum atomic E-state index is 12.1. The highest BCUT2D eigenvalue weighted by atomic mass is 32.2. The van der Waals surface area contributed by atoms with E-state index in [1.54, 1.807) is 18.8 Å². The average molecular weight is 297 g/mol. The number of hydrogen-bond donors (Lipinski definition) is 1. The van der Waals surface area contributed by atoms with E-state index in [1.807, 2.05) is 13.2 Å². The summed E-state index contributed by atoms with van der Waals surface area (Å²) in [6.07, 6.45) is 4.60. The molecule has 0 spiro atoms. The van der Waals surface area contributed by atoms with E-state index in [0.29, 0.717) is 0 Å². The Morgan fingerprint density at radius 1 is 1.33 bits per heavy atom. The second-order valence-electron chi connectivity index (χ2n) is 4.52. The predicted molar refractivity (Wildman–Crippen MR) is 81.8 cm³/mol. The molecule has 0 amide bonds. The van der Waals surface area contributed by atoms with Gasteiger partial charge in [0.15, 0.2) is 0 Å². The minimum Gasteiger partial charge on any atom is -0.317 e. The van der Waals surface area contributed by atoms with Gasteiger partial charge < -0.3 is 5.32 Å². The topological polar surface area (TPSA) is 49.4 Å². The fourth-order valence-electron chi connectivity index (χ4n) is 1.60. The molecule has 0 aliphatic heterocycles. The molecule has 1 atom stereocenters. The lowest BCUT2D eigenvalue weighted by molar-refractivity contribution is 0.381. The summed E-state index contributed by atoms with van der Waals surface area (Å²) in [4.78, 5) is 0. The summed E-state index contributed by atoms with van der Waals surface area (Å²) in [5, 5.41) is 3.20. The first-order chi connectivity index (χ1) is 8.45. The van der Waals surface area contributed by atoms with Crippen LogP contribution in [0.15, 0.2) is 0 Å². The minimum atomic E-state index is -3.08. The maximum Gasteiger partial charge on any atom is 0.214 e. The highest BCUT2D eigenvalue weighted by Gasteiger charge is 2.22. The van der Waals surface area contributed by atoms with Crippen molar-refractivity contribution in [2.75, 3.05) is 37.9 Å². The van der Waals surface area contributed by atoms with Crippen LogP contribution in [0.2, 0.25) is 0 Å². The molecule has 0 saturated heterocycles. The lowest BCUT2D eigenvalue weighted by Crippen LogP contribution is -2.37. The number of sulfonamides is 1. The first-order valence-electron chi connectivity index (χ1n) is 6.61. The van der Waals surface area contributed by atoms with Crippen LogP contribution in [0.25, 0.3) is 0 Å². The summed E-state index contributed by atoms with van der Waals surface area (Å²) in [5.41, 5.74) is 0. The molecule has 0 aliphatic carbocycles. The average Bonchev–Trinajstić information content (AvgIpc) is 2.34. The molecule has 0 fully saturated rings. The van der Waals surface area contributed by atoms with Crippen LogP contribution in [0.3, 0.4) is 0 Å². The molecule has 0 radical (unpaired) electrons. The Balaban J connectivity index is 4.02. The highest BCUT2D eigenvalue weighted by Crippen LogP contribution is 2.11. The van der Waals surface area contributed by atoms with Crippen molar-refractivity contribution < 1.29 is 8.42 Å². The van der Waals surface area contributed by atoms with Crippen molar-refractivity contribution in [1.29, 1.82) is 0 Å². The molecule has 110 valence electrons. The quantitative estimate of drug-likeness (QED) is 0.591. The second-order valence-corrected chi connectivity index (χ2v) is 7.66. The molecule has 4 nitrogen and oxygen atoms in total. The molecule has 0 bridgehead atoms. The monoisotopic (exact) mass is 296 g/mol. The number of rotatable bonds is 11. The molecule has 18 heavy (non-hydrogen) atoms. The van der Waals surface area contributed by atoms with Gasteiger partial charge in [-0.05, 0) is 51.3 Å². The number of unbranched alkanes of at least 4 members (excludes halogenated alkanes) is 1. The Hall–Kier alpha value is 0.220. The maximum absolute atomic E-state index is 12.1. The van der Waals surface area contributed by atoms with Gasteiger partial charge in [-0.15, -0.1) is 0 Å². The van der Waals surface area contributed by atoms with E-state index in [4.69, 9.17) is 0 Å². The smallest absolute Gasteiger partial charge is 0.214 e. The Labute approximate surface area is 117 Å². The Morgan fingerprint density at radius 3 is 2.56 bits per heavy atom. The number of hydrogen-bond acceptors (Lipinski definition) is 4. The third-order valence-corrected chi connectivity index (χ3v) is 5.74. The number of thioether (sulfide) groups is 1. The molecular weight excluding hydrogens is 268 g/mol. The van der Waals surface area contributed by atoms with Crippen molar-refractivity contribution in [3.63, 3.8) is 0 Å². The van der Waals surface area contributed by atoms with E-state index in [9.17, 15) is 8.42 Å². The van der Waals surface area contributed by atoms with Crippen LogP contribution in [0, 0.1) is 0 Å². The zero-order valence-corrected chi connectivity index (χ0v) is 13.7. The van der Waals surface area contributed by atoms with Crippen molar-refractivity contribution >= 4 is 21.8 Å². The van der Waals surface area contributed by atoms with Gasteiger partial charge in [-0.3, -0.25) is 0 Å². The van der Waals surface area contributed by atoms with Crippen molar-refractivity contribution in [3.05, 3.63) is 0 Å². The van der Waals surface area contributed by atoms with Gasteiger partial charge in [0.1, 0.15) is 0 Å². The van der Waals surface area contributed by atoms with Gasteiger partial charge in [0.25, 0.3) is 0 Å². The minimum absolute atomic E-state index is 0.0937. The molecule has 0 aromatic rings. The number of nitrogens with zero attached hydrogens (tertiary/aromatic N) is 1. The summed E-state index contributed by atoms with van der Waals surface area (Å²) in [7, 11) is -1.38. The summed E-state index contributed by atoms with van der Waals surface area (Å²) >= 11 is 1.76. The van der Waals surface area contributed by atoms with E-state index >= 15 is 0 Å². The van der Waals surface area contributed by atoms with Gasteiger partial charge in [-0.25, -0.2) is 12.7 Å². The van der Waals surface area contributed by atoms with Crippen LogP contribution in [0.4, 0.5) is 0 Å². The van der Waals surface area contributed by atoms with E-state index in [2.05, 4.69) is 12.2 Å². The second kappa shape index (κ2) is 10.1. The largest absolute Gasteiger partial charge is 0.317 e. The molecule has 0 rings (SSSR count). The molecule has 6 heteroatoms. The molecule has 0 saturated carbocycles. The van der Waals surface area contributed by atoms with Crippen molar-refractivity contribution in [2.24, 2.45) is 0 Å². The zero-order chi connectivity index (χ0) is 14.0. The molecule has 0 aromatic carbocycles. The first-order valence-corrected chi connectivity index (χ1v) is 9.61. The molecule has 1 unspecified atom stereocenters. The fraction of sp³-hybridized carbons (Fsp3) is 1.00. The van der Waals surface area contributed by atoms with E-state index in [-0.39, 0.29) is 11.8 Å². The third-order valence-electron chi connectivity index (χ3n) is 3.06. The standard InChI is InChI=1S/C12H28N2O2S2/c1-5-13-9-6-7-11-18(15,16)14(3)12(2)8-10-17-4/h12-13H,5-11H2,1-4H3. The molecule has 1 N–H and O–H groups in total. The highest BCUT2D eigenvalue weighted by molar-refractivity contribution is 7.98. The summed E-state index contributed by atoms with van der Waals surface area (Å²) in [5.74, 6) is 1.26. The van der Waals surface area contributed by atoms with Gasteiger partial charge in [0.05, 0.1) is 5.75 Å². The lowest BCUT2D eigenvalue weighted by Gasteiger charge is -2.24. The zero-order valence-electron chi connectivity index (χ0n) is 12.1. The van der Waals surface area contributed by atoms with E-state index in [0.717, 1.165) is 38.1 Å². The molecule has 0 aliphatic rings. The third kappa shape index (κ3) is 7.61. The van der Waals surface area contributed by atoms with Crippen LogP contribution in [-0.4, -0.2) is 56.7 Å². The predicted octanol–water partition coefficient (Wildman–Crippen LogP) is 1.78. The van der Waals surface area contributed by atoms with Crippen molar-refractivity contribution in [3.8, 4) is 0 Å². The van der Waals surface area contributed by atoms with Crippen LogP contribution < -0.4 is 5.32 Å². The summed E-state index contributed by atoms with van der Waals surface area (Å²) in [6.45, 7) is 5.88. The van der Waals surface area contributed by atoms with Gasteiger partial charge in [0, 0.05) is 13.1 Å². The van der Waals surface area contributed by atoms with Crippen molar-refractivity contribution in [2.45, 2.75) is 39.2 Å². The SMILES string of the molecule is CCNCCCCS(=O)(=O)N(C)C(C)CCSC. The van der Waals surface area contributed by atoms with Crippen LogP contribution in [0.1, 0.15) is 33.1 Å². The van der Waals surface area contributed by atoms with Gasteiger partial charge in [-0.2, -0.15) is 11.8 Å². The Morgan fingerprint density at radius 2 is 2.00 bits per heavy atom. The molecular formula is C12H28N2O2S2. The normalized spacial score (nSPS) is 14.1. The first kappa shape index (κ1) is 18.2. The van der Waals surface area contributed by atoms with Crippen LogP contribution >= 0.6 is 11.8 Å². The Kier molecular flexibility index (Phi) is 10.2. The summed E-state index contributed by atoms with van der Waals surface area (Å²) in [6, 6.07) is 0.0937. The fourth-order valence-corrected chi connectivity index (χ4v) is 3.69. The Bertz CT molecular complexity index is 294. The molecule has 0 heterocycles. The lowest BCUT2D eigenvalue weighted by atomic mass is 10.3.